The van der Waals surface area contributed by atoms with Crippen LogP contribution in [0.15, 0.2) is 36.5 Å². The molecule has 2 aromatic rings. The highest BCUT2D eigenvalue weighted by molar-refractivity contribution is 5.21. The largest absolute Gasteiger partial charge is 0.330 e. The van der Waals surface area contributed by atoms with E-state index in [4.69, 9.17) is 5.73 Å². The molecule has 1 unspecified atom stereocenters. The Labute approximate surface area is 95.1 Å². The van der Waals surface area contributed by atoms with E-state index in [-0.39, 0.29) is 0 Å². The molecule has 0 aliphatic carbocycles. The average molecular weight is 216 g/mol. The van der Waals surface area contributed by atoms with E-state index >= 15 is 0 Å². The Morgan fingerprint density at radius 1 is 1.31 bits per heavy atom. The molecule has 1 heterocycles. The van der Waals surface area contributed by atoms with Crippen molar-refractivity contribution in [2.75, 3.05) is 6.54 Å². The number of hydrogen-bond acceptors (Lipinski definition) is 3. The molecule has 4 heteroatoms. The second-order valence-corrected chi connectivity index (χ2v) is 3.93. The zero-order chi connectivity index (χ0) is 11.4. The molecule has 0 amide bonds. The van der Waals surface area contributed by atoms with Gasteiger partial charge in [0.1, 0.15) is 0 Å². The summed E-state index contributed by atoms with van der Waals surface area (Å²) >= 11 is 0. The van der Waals surface area contributed by atoms with Crippen LogP contribution in [-0.4, -0.2) is 21.5 Å². The minimum Gasteiger partial charge on any atom is -0.330 e. The zero-order valence-electron chi connectivity index (χ0n) is 9.37. The molecule has 1 atom stereocenters. The summed E-state index contributed by atoms with van der Waals surface area (Å²) in [6.45, 7) is 0.626. The smallest absolute Gasteiger partial charge is 0.0833 e. The van der Waals surface area contributed by atoms with Crippen molar-refractivity contribution in [2.24, 2.45) is 12.8 Å². The zero-order valence-corrected chi connectivity index (χ0v) is 9.37. The van der Waals surface area contributed by atoms with Crippen LogP contribution in [0.2, 0.25) is 0 Å². The summed E-state index contributed by atoms with van der Waals surface area (Å²) in [5.74, 6) is 0.317. The summed E-state index contributed by atoms with van der Waals surface area (Å²) in [5.41, 5.74) is 8.05. The Balaban J connectivity index is 2.12. The van der Waals surface area contributed by atoms with Crippen LogP contribution < -0.4 is 5.73 Å². The molecule has 2 N–H and O–H groups in total. The van der Waals surface area contributed by atoms with Gasteiger partial charge in [-0.3, -0.25) is 4.68 Å². The van der Waals surface area contributed by atoms with Crippen LogP contribution in [0.5, 0.6) is 0 Å². The third-order valence-electron chi connectivity index (χ3n) is 2.66. The first-order chi connectivity index (χ1) is 7.79. The topological polar surface area (TPSA) is 56.7 Å². The molecular weight excluding hydrogens is 200 g/mol. The first-order valence-corrected chi connectivity index (χ1v) is 5.40. The van der Waals surface area contributed by atoms with Crippen LogP contribution in [0.4, 0.5) is 0 Å². The third kappa shape index (κ3) is 2.46. The van der Waals surface area contributed by atoms with Crippen LogP contribution in [-0.2, 0) is 13.5 Å². The fourth-order valence-corrected chi connectivity index (χ4v) is 1.80. The van der Waals surface area contributed by atoms with Crippen molar-refractivity contribution in [1.82, 2.24) is 15.0 Å². The quantitative estimate of drug-likeness (QED) is 0.832. The second-order valence-electron chi connectivity index (χ2n) is 3.93. The van der Waals surface area contributed by atoms with Crippen LogP contribution in [0.1, 0.15) is 17.2 Å². The van der Waals surface area contributed by atoms with E-state index in [1.165, 1.54) is 5.56 Å². The number of rotatable bonds is 4. The van der Waals surface area contributed by atoms with Crippen LogP contribution in [0, 0.1) is 0 Å². The van der Waals surface area contributed by atoms with Crippen LogP contribution >= 0.6 is 0 Å². The van der Waals surface area contributed by atoms with Gasteiger partial charge in [0.15, 0.2) is 0 Å². The van der Waals surface area contributed by atoms with Gasteiger partial charge < -0.3 is 5.73 Å². The van der Waals surface area contributed by atoms with Gasteiger partial charge in [0.05, 0.1) is 5.69 Å². The van der Waals surface area contributed by atoms with Gasteiger partial charge in [-0.2, -0.15) is 0 Å². The van der Waals surface area contributed by atoms with E-state index in [0.29, 0.717) is 12.5 Å². The Morgan fingerprint density at radius 3 is 2.62 bits per heavy atom. The molecule has 0 radical (unpaired) electrons. The first kappa shape index (κ1) is 10.8. The molecule has 0 fully saturated rings. The van der Waals surface area contributed by atoms with E-state index in [1.807, 2.05) is 31.4 Å². The Morgan fingerprint density at radius 2 is 2.06 bits per heavy atom. The SMILES string of the molecule is Cn1cc(CC(CN)c2ccccc2)nn1. The van der Waals surface area contributed by atoms with Crippen molar-refractivity contribution >= 4 is 0 Å². The molecule has 1 aromatic carbocycles. The van der Waals surface area contributed by atoms with Gasteiger partial charge in [0.2, 0.25) is 0 Å². The highest BCUT2D eigenvalue weighted by Gasteiger charge is 2.12. The Bertz CT molecular complexity index is 435. The minimum absolute atomic E-state index is 0.317. The third-order valence-corrected chi connectivity index (χ3v) is 2.66. The second kappa shape index (κ2) is 4.90. The predicted molar refractivity (Wildman–Crippen MR) is 62.9 cm³/mol. The number of nitrogens with two attached hydrogens (primary N) is 1. The van der Waals surface area contributed by atoms with Crippen molar-refractivity contribution in [2.45, 2.75) is 12.3 Å². The van der Waals surface area contributed by atoms with E-state index in [2.05, 4.69) is 22.4 Å². The van der Waals surface area contributed by atoms with Gasteiger partial charge in [0, 0.05) is 25.6 Å². The summed E-state index contributed by atoms with van der Waals surface area (Å²) in [5, 5.41) is 8.01. The minimum atomic E-state index is 0.317. The number of nitrogens with zero attached hydrogens (tertiary/aromatic N) is 3. The van der Waals surface area contributed by atoms with Gasteiger partial charge in [-0.15, -0.1) is 5.10 Å². The predicted octanol–water partition coefficient (Wildman–Crippen LogP) is 1.10. The van der Waals surface area contributed by atoms with Gasteiger partial charge in [0.25, 0.3) is 0 Å². The maximum atomic E-state index is 5.80. The molecule has 16 heavy (non-hydrogen) atoms. The monoisotopic (exact) mass is 216 g/mol. The van der Waals surface area contributed by atoms with E-state index < -0.39 is 0 Å². The normalized spacial score (nSPS) is 12.6. The maximum Gasteiger partial charge on any atom is 0.0833 e. The van der Waals surface area contributed by atoms with Gasteiger partial charge >= 0.3 is 0 Å². The molecule has 0 bridgehead atoms. The summed E-state index contributed by atoms with van der Waals surface area (Å²) in [7, 11) is 1.87. The summed E-state index contributed by atoms with van der Waals surface area (Å²) in [6.07, 6.45) is 2.78. The summed E-state index contributed by atoms with van der Waals surface area (Å²) in [4.78, 5) is 0. The number of aromatic nitrogens is 3. The van der Waals surface area contributed by atoms with Gasteiger partial charge in [-0.1, -0.05) is 35.5 Å². The number of benzene rings is 1. The van der Waals surface area contributed by atoms with Gasteiger partial charge in [-0.05, 0) is 12.1 Å². The fraction of sp³-hybridized carbons (Fsp3) is 0.333. The van der Waals surface area contributed by atoms with Crippen molar-refractivity contribution in [1.29, 1.82) is 0 Å². The lowest BCUT2D eigenvalue weighted by Crippen LogP contribution is -2.15. The molecule has 0 aliphatic rings. The molecule has 4 nitrogen and oxygen atoms in total. The molecule has 0 saturated carbocycles. The lowest BCUT2D eigenvalue weighted by atomic mass is 9.95. The lowest BCUT2D eigenvalue weighted by molar-refractivity contribution is 0.676. The molecule has 2 rings (SSSR count). The average Bonchev–Trinajstić information content (AvgIpc) is 2.73. The van der Waals surface area contributed by atoms with E-state index in [9.17, 15) is 0 Å². The Hall–Kier alpha value is -1.68. The van der Waals surface area contributed by atoms with E-state index in [0.717, 1.165) is 12.1 Å². The van der Waals surface area contributed by atoms with Gasteiger partial charge in [-0.25, -0.2) is 0 Å². The highest BCUT2D eigenvalue weighted by atomic mass is 15.4. The van der Waals surface area contributed by atoms with Crippen molar-refractivity contribution in [3.05, 3.63) is 47.8 Å². The highest BCUT2D eigenvalue weighted by Crippen LogP contribution is 2.18. The van der Waals surface area contributed by atoms with Crippen LogP contribution in [0.25, 0.3) is 0 Å². The maximum absolute atomic E-state index is 5.80. The molecule has 0 saturated heterocycles. The summed E-state index contributed by atoms with van der Waals surface area (Å²) in [6, 6.07) is 10.3. The van der Waals surface area contributed by atoms with E-state index in [1.54, 1.807) is 4.68 Å². The lowest BCUT2D eigenvalue weighted by Gasteiger charge is -2.13. The van der Waals surface area contributed by atoms with Crippen molar-refractivity contribution in [3.63, 3.8) is 0 Å². The summed E-state index contributed by atoms with van der Waals surface area (Å²) < 4.78 is 1.72. The molecular formula is C12H16N4. The van der Waals surface area contributed by atoms with Crippen molar-refractivity contribution < 1.29 is 0 Å². The molecule has 0 spiro atoms. The molecule has 84 valence electrons. The Kier molecular flexibility index (Phi) is 3.31. The number of aryl methyl sites for hydroxylation is 1. The molecule has 0 aliphatic heterocycles. The van der Waals surface area contributed by atoms with Crippen molar-refractivity contribution in [3.8, 4) is 0 Å². The van der Waals surface area contributed by atoms with Crippen LogP contribution in [0.3, 0.4) is 0 Å². The first-order valence-electron chi connectivity index (χ1n) is 5.40. The molecule has 1 aromatic heterocycles. The standard InChI is InChI=1S/C12H16N4/c1-16-9-12(14-15-16)7-11(8-13)10-5-3-2-4-6-10/h2-6,9,11H,7-8,13H2,1H3. The number of hydrogen-bond donors (Lipinski definition) is 1. The fourth-order valence-electron chi connectivity index (χ4n) is 1.80.